The van der Waals surface area contributed by atoms with Crippen LogP contribution >= 0.6 is 0 Å². The molecule has 1 unspecified atom stereocenters. The molecular weight excluding hydrogens is 494 g/mol. The van der Waals surface area contributed by atoms with Crippen molar-refractivity contribution in [3.8, 4) is 0 Å². The fourth-order valence-electron chi connectivity index (χ4n) is 4.99. The number of carbonyl (C=O) groups excluding carboxylic acids is 2. The van der Waals surface area contributed by atoms with Crippen molar-refractivity contribution in [2.45, 2.75) is 135 Å². The van der Waals surface area contributed by atoms with Crippen molar-refractivity contribution < 1.29 is 23.8 Å². The quantitative estimate of drug-likeness (QED) is 0.116. The molecule has 0 saturated carbocycles. The van der Waals surface area contributed by atoms with Gasteiger partial charge in [0.1, 0.15) is 19.3 Å². The number of amides is 2. The number of piperidine rings is 1. The SMILES string of the molecule is CCCCCCCCCCCCCCCCCCNC(=O)OCC(COC(=O)NCCN1CCCCC1)OC. The minimum atomic E-state index is -0.487. The Morgan fingerprint density at radius 3 is 1.54 bits per heavy atom. The Balaban J connectivity index is 1.85. The van der Waals surface area contributed by atoms with Crippen LogP contribution in [0.2, 0.25) is 0 Å². The van der Waals surface area contributed by atoms with E-state index in [1.807, 2.05) is 0 Å². The third-order valence-corrected chi connectivity index (χ3v) is 7.58. The van der Waals surface area contributed by atoms with Gasteiger partial charge in [-0.3, -0.25) is 0 Å². The third-order valence-electron chi connectivity index (χ3n) is 7.58. The largest absolute Gasteiger partial charge is 0.447 e. The number of likely N-dealkylation sites (tertiary alicyclic amines) is 1. The molecule has 2 N–H and O–H groups in total. The van der Waals surface area contributed by atoms with E-state index in [0.717, 1.165) is 32.5 Å². The molecule has 0 spiro atoms. The molecule has 2 amide bonds. The number of nitrogens with zero attached hydrogens (tertiary/aromatic N) is 1. The number of hydrogen-bond donors (Lipinski definition) is 2. The summed E-state index contributed by atoms with van der Waals surface area (Å²) in [5.41, 5.74) is 0. The number of rotatable bonds is 25. The molecule has 1 heterocycles. The average molecular weight is 556 g/mol. The fourth-order valence-corrected chi connectivity index (χ4v) is 4.99. The zero-order valence-corrected chi connectivity index (χ0v) is 25.5. The monoisotopic (exact) mass is 555 g/mol. The Hall–Kier alpha value is -1.54. The smallest absolute Gasteiger partial charge is 0.407 e. The number of methoxy groups -OCH3 is 1. The molecular formula is C31H61N3O5. The second-order valence-electron chi connectivity index (χ2n) is 11.1. The summed E-state index contributed by atoms with van der Waals surface area (Å²) in [7, 11) is 1.51. The summed E-state index contributed by atoms with van der Waals surface area (Å²) in [4.78, 5) is 26.2. The summed E-state index contributed by atoms with van der Waals surface area (Å²) >= 11 is 0. The summed E-state index contributed by atoms with van der Waals surface area (Å²) in [6.45, 7) is 6.58. The molecule has 1 atom stereocenters. The van der Waals surface area contributed by atoms with Crippen LogP contribution in [0.25, 0.3) is 0 Å². The van der Waals surface area contributed by atoms with Crippen molar-refractivity contribution in [1.29, 1.82) is 0 Å². The van der Waals surface area contributed by atoms with E-state index in [-0.39, 0.29) is 13.2 Å². The summed E-state index contributed by atoms with van der Waals surface area (Å²) < 4.78 is 15.7. The highest BCUT2D eigenvalue weighted by molar-refractivity contribution is 5.67. The molecule has 1 aliphatic heterocycles. The lowest BCUT2D eigenvalue weighted by Gasteiger charge is -2.26. The zero-order chi connectivity index (χ0) is 28.2. The van der Waals surface area contributed by atoms with Gasteiger partial charge in [-0.15, -0.1) is 0 Å². The first-order valence-electron chi connectivity index (χ1n) is 16.2. The lowest BCUT2D eigenvalue weighted by Crippen LogP contribution is -2.39. The molecule has 8 nitrogen and oxygen atoms in total. The van der Waals surface area contributed by atoms with Crippen LogP contribution in [0.3, 0.4) is 0 Å². The maximum Gasteiger partial charge on any atom is 0.407 e. The van der Waals surface area contributed by atoms with Crippen LogP contribution in [0.15, 0.2) is 0 Å². The molecule has 0 aromatic carbocycles. The van der Waals surface area contributed by atoms with E-state index < -0.39 is 18.3 Å². The van der Waals surface area contributed by atoms with Crippen molar-refractivity contribution in [2.75, 3.05) is 53.0 Å². The highest BCUT2D eigenvalue weighted by Gasteiger charge is 2.15. The molecule has 8 heteroatoms. The van der Waals surface area contributed by atoms with Gasteiger partial charge in [0.05, 0.1) is 0 Å². The standard InChI is InChI=1S/C31H61N3O5/c1-3-4-5-6-7-8-9-10-11-12-13-14-15-16-17-19-22-32-30(35)38-27-29(37-2)28-39-31(36)33-23-26-34-24-20-18-21-25-34/h29H,3-28H2,1-2H3,(H,32,35)(H,33,36). The topological polar surface area (TPSA) is 89.1 Å². The van der Waals surface area contributed by atoms with Crippen LogP contribution in [-0.4, -0.2) is 76.2 Å². The van der Waals surface area contributed by atoms with Gasteiger partial charge in [0.25, 0.3) is 0 Å². The second-order valence-corrected chi connectivity index (χ2v) is 11.1. The maximum atomic E-state index is 11.9. The Morgan fingerprint density at radius 2 is 1.08 bits per heavy atom. The van der Waals surface area contributed by atoms with E-state index in [2.05, 4.69) is 22.5 Å². The van der Waals surface area contributed by atoms with Crippen LogP contribution in [0, 0.1) is 0 Å². The van der Waals surface area contributed by atoms with Gasteiger partial charge in [-0.25, -0.2) is 9.59 Å². The molecule has 0 aromatic rings. The molecule has 1 rings (SSSR count). The maximum absolute atomic E-state index is 11.9. The first-order chi connectivity index (χ1) is 19.2. The normalized spacial score (nSPS) is 14.6. The number of alkyl carbamates (subject to hydrolysis) is 2. The van der Waals surface area contributed by atoms with Gasteiger partial charge in [0.2, 0.25) is 0 Å². The number of hydrogen-bond acceptors (Lipinski definition) is 6. The van der Waals surface area contributed by atoms with Crippen LogP contribution in [0.4, 0.5) is 9.59 Å². The van der Waals surface area contributed by atoms with Crippen molar-refractivity contribution >= 4 is 12.2 Å². The van der Waals surface area contributed by atoms with Crippen molar-refractivity contribution in [1.82, 2.24) is 15.5 Å². The zero-order valence-electron chi connectivity index (χ0n) is 25.5. The summed E-state index contributed by atoms with van der Waals surface area (Å²) in [5.74, 6) is 0. The fraction of sp³-hybridized carbons (Fsp3) is 0.935. The third kappa shape index (κ3) is 22.9. The molecule has 1 saturated heterocycles. The molecule has 0 aromatic heterocycles. The van der Waals surface area contributed by atoms with Crippen LogP contribution < -0.4 is 10.6 Å². The van der Waals surface area contributed by atoms with E-state index in [4.69, 9.17) is 14.2 Å². The highest BCUT2D eigenvalue weighted by atomic mass is 16.6. The predicted octanol–water partition coefficient (Wildman–Crippen LogP) is 7.20. The van der Waals surface area contributed by atoms with E-state index in [1.54, 1.807) is 0 Å². The number of nitrogens with one attached hydrogen (secondary N) is 2. The van der Waals surface area contributed by atoms with Gasteiger partial charge >= 0.3 is 12.2 Å². The second kappa shape index (κ2) is 26.7. The Kier molecular flexibility index (Phi) is 24.3. The van der Waals surface area contributed by atoms with Gasteiger partial charge in [-0.05, 0) is 32.4 Å². The Bertz CT molecular complexity index is 572. The van der Waals surface area contributed by atoms with Crippen molar-refractivity contribution in [3.63, 3.8) is 0 Å². The molecule has 0 radical (unpaired) electrons. The predicted molar refractivity (Wildman–Crippen MR) is 159 cm³/mol. The first kappa shape index (κ1) is 35.5. The van der Waals surface area contributed by atoms with Gasteiger partial charge in [0.15, 0.2) is 0 Å². The summed E-state index contributed by atoms with van der Waals surface area (Å²) in [5, 5.41) is 5.56. The number of carbonyl (C=O) groups is 2. The lowest BCUT2D eigenvalue weighted by molar-refractivity contribution is -0.00454. The molecule has 0 aliphatic carbocycles. The molecule has 1 aliphatic rings. The minimum Gasteiger partial charge on any atom is -0.447 e. The average Bonchev–Trinajstić information content (AvgIpc) is 2.95. The van der Waals surface area contributed by atoms with Crippen LogP contribution in [0.1, 0.15) is 129 Å². The number of unbranched alkanes of at least 4 members (excludes halogenated alkanes) is 15. The number of ether oxygens (including phenoxy) is 3. The van der Waals surface area contributed by atoms with E-state index in [1.165, 1.54) is 116 Å². The summed E-state index contributed by atoms with van der Waals surface area (Å²) in [6.07, 6.45) is 23.6. The van der Waals surface area contributed by atoms with E-state index >= 15 is 0 Å². The van der Waals surface area contributed by atoms with Gasteiger partial charge < -0.3 is 29.7 Å². The van der Waals surface area contributed by atoms with Crippen molar-refractivity contribution in [2.24, 2.45) is 0 Å². The van der Waals surface area contributed by atoms with Gasteiger partial charge in [-0.2, -0.15) is 0 Å². The molecule has 230 valence electrons. The highest BCUT2D eigenvalue weighted by Crippen LogP contribution is 2.13. The van der Waals surface area contributed by atoms with Crippen LogP contribution in [-0.2, 0) is 14.2 Å². The minimum absolute atomic E-state index is 0.0401. The van der Waals surface area contributed by atoms with E-state index in [0.29, 0.717) is 13.1 Å². The Morgan fingerprint density at radius 1 is 0.641 bits per heavy atom. The van der Waals surface area contributed by atoms with Gasteiger partial charge in [0, 0.05) is 26.7 Å². The van der Waals surface area contributed by atoms with Crippen LogP contribution in [0.5, 0.6) is 0 Å². The Labute approximate surface area is 239 Å². The first-order valence-corrected chi connectivity index (χ1v) is 16.2. The molecule has 0 bridgehead atoms. The van der Waals surface area contributed by atoms with Gasteiger partial charge in [-0.1, -0.05) is 110 Å². The summed E-state index contributed by atoms with van der Waals surface area (Å²) in [6, 6.07) is 0. The lowest BCUT2D eigenvalue weighted by atomic mass is 10.0. The molecule has 39 heavy (non-hydrogen) atoms. The van der Waals surface area contributed by atoms with E-state index in [9.17, 15) is 9.59 Å². The molecule has 1 fully saturated rings. The van der Waals surface area contributed by atoms with Crippen molar-refractivity contribution in [3.05, 3.63) is 0 Å².